The van der Waals surface area contributed by atoms with Gasteiger partial charge in [0.2, 0.25) is 5.91 Å². The third kappa shape index (κ3) is 6.93. The first-order valence-electron chi connectivity index (χ1n) is 5.50. The number of hydrogen-bond donors (Lipinski definition) is 1. The fourth-order valence-corrected chi connectivity index (χ4v) is 1.49. The minimum absolute atomic E-state index is 0.119. The second kappa shape index (κ2) is 5.38. The van der Waals surface area contributed by atoms with Gasteiger partial charge in [-0.1, -0.05) is 41.5 Å². The number of amides is 1. The lowest BCUT2D eigenvalue weighted by Gasteiger charge is -2.22. The van der Waals surface area contributed by atoms with Gasteiger partial charge in [-0.25, -0.2) is 0 Å². The predicted molar refractivity (Wildman–Crippen MR) is 61.1 cm³/mol. The lowest BCUT2D eigenvalue weighted by molar-refractivity contribution is -0.125. The standard InChI is InChI=1S/C12H25NO/c1-9(2)8-13-11(14)10(3)7-12(4,5)6/h9-10H,7-8H2,1-6H3,(H,13,14). The van der Waals surface area contributed by atoms with Crippen molar-refractivity contribution >= 4 is 5.91 Å². The summed E-state index contributed by atoms with van der Waals surface area (Å²) in [6, 6.07) is 0. The molecule has 0 spiro atoms. The van der Waals surface area contributed by atoms with Crippen LogP contribution < -0.4 is 5.32 Å². The summed E-state index contributed by atoms with van der Waals surface area (Å²) in [6.07, 6.45) is 0.941. The van der Waals surface area contributed by atoms with E-state index in [4.69, 9.17) is 0 Å². The summed E-state index contributed by atoms with van der Waals surface area (Å²) in [7, 11) is 0. The zero-order chi connectivity index (χ0) is 11.4. The van der Waals surface area contributed by atoms with Crippen molar-refractivity contribution in [2.75, 3.05) is 6.54 Å². The van der Waals surface area contributed by atoms with Crippen molar-refractivity contribution in [3.8, 4) is 0 Å². The van der Waals surface area contributed by atoms with E-state index in [0.717, 1.165) is 13.0 Å². The van der Waals surface area contributed by atoms with Gasteiger partial charge in [0.1, 0.15) is 0 Å². The molecular weight excluding hydrogens is 174 g/mol. The molecule has 84 valence electrons. The largest absolute Gasteiger partial charge is 0.356 e. The van der Waals surface area contributed by atoms with Crippen molar-refractivity contribution in [2.24, 2.45) is 17.3 Å². The second-order valence-corrected chi connectivity index (χ2v) is 5.80. The number of carbonyl (C=O) groups is 1. The molecule has 2 nitrogen and oxygen atoms in total. The zero-order valence-corrected chi connectivity index (χ0v) is 10.5. The zero-order valence-electron chi connectivity index (χ0n) is 10.5. The molecule has 1 N–H and O–H groups in total. The second-order valence-electron chi connectivity index (χ2n) is 5.80. The minimum atomic E-state index is 0.119. The number of carbonyl (C=O) groups excluding carboxylic acids is 1. The van der Waals surface area contributed by atoms with Gasteiger partial charge in [-0.2, -0.15) is 0 Å². The fraction of sp³-hybridized carbons (Fsp3) is 0.917. The fourth-order valence-electron chi connectivity index (χ4n) is 1.49. The topological polar surface area (TPSA) is 29.1 Å². The molecular formula is C12H25NO. The molecule has 0 aromatic heterocycles. The SMILES string of the molecule is CC(C)CNC(=O)C(C)CC(C)(C)C. The van der Waals surface area contributed by atoms with E-state index >= 15 is 0 Å². The quantitative estimate of drug-likeness (QED) is 0.741. The molecule has 0 aliphatic heterocycles. The van der Waals surface area contributed by atoms with Gasteiger partial charge >= 0.3 is 0 Å². The molecule has 0 aliphatic carbocycles. The van der Waals surface area contributed by atoms with Crippen molar-refractivity contribution in [1.29, 1.82) is 0 Å². The molecule has 0 fully saturated rings. The Labute approximate surface area is 88.5 Å². The third-order valence-corrected chi connectivity index (χ3v) is 2.05. The smallest absolute Gasteiger partial charge is 0.222 e. The summed E-state index contributed by atoms with van der Waals surface area (Å²) < 4.78 is 0. The van der Waals surface area contributed by atoms with E-state index in [1.807, 2.05) is 6.92 Å². The van der Waals surface area contributed by atoms with E-state index in [2.05, 4.69) is 39.9 Å². The van der Waals surface area contributed by atoms with Gasteiger partial charge in [-0.05, 0) is 17.8 Å². The Morgan fingerprint density at radius 2 is 1.71 bits per heavy atom. The minimum Gasteiger partial charge on any atom is -0.356 e. The predicted octanol–water partition coefficient (Wildman–Crippen LogP) is 2.83. The Morgan fingerprint density at radius 1 is 1.21 bits per heavy atom. The normalized spacial score (nSPS) is 14.2. The summed E-state index contributed by atoms with van der Waals surface area (Å²) in [5, 5.41) is 2.97. The van der Waals surface area contributed by atoms with Gasteiger partial charge in [-0.3, -0.25) is 4.79 Å². The van der Waals surface area contributed by atoms with Crippen molar-refractivity contribution in [3.05, 3.63) is 0 Å². The number of rotatable bonds is 4. The molecule has 1 amide bonds. The van der Waals surface area contributed by atoms with E-state index < -0.39 is 0 Å². The molecule has 0 aromatic rings. The lowest BCUT2D eigenvalue weighted by Crippen LogP contribution is -2.33. The molecule has 0 rings (SSSR count). The Bertz CT molecular complexity index is 179. The van der Waals surface area contributed by atoms with E-state index in [1.165, 1.54) is 0 Å². The van der Waals surface area contributed by atoms with Gasteiger partial charge in [0.25, 0.3) is 0 Å². The van der Waals surface area contributed by atoms with Crippen LogP contribution in [0.3, 0.4) is 0 Å². The maximum Gasteiger partial charge on any atom is 0.222 e. The average Bonchev–Trinajstić information content (AvgIpc) is 1.96. The highest BCUT2D eigenvalue weighted by Crippen LogP contribution is 2.24. The van der Waals surface area contributed by atoms with Crippen molar-refractivity contribution in [3.63, 3.8) is 0 Å². The first-order valence-corrected chi connectivity index (χ1v) is 5.50. The van der Waals surface area contributed by atoms with Crippen LogP contribution in [0.15, 0.2) is 0 Å². The Balaban J connectivity index is 3.88. The van der Waals surface area contributed by atoms with E-state index in [1.54, 1.807) is 0 Å². The van der Waals surface area contributed by atoms with Crippen LogP contribution in [-0.4, -0.2) is 12.5 Å². The Hall–Kier alpha value is -0.530. The maximum absolute atomic E-state index is 11.6. The summed E-state index contributed by atoms with van der Waals surface area (Å²) >= 11 is 0. The van der Waals surface area contributed by atoms with Gasteiger partial charge in [0.05, 0.1) is 0 Å². The molecule has 0 heterocycles. The van der Waals surface area contributed by atoms with E-state index in [0.29, 0.717) is 5.92 Å². The number of nitrogens with one attached hydrogen (secondary N) is 1. The third-order valence-electron chi connectivity index (χ3n) is 2.05. The summed E-state index contributed by atoms with van der Waals surface area (Å²) in [4.78, 5) is 11.6. The molecule has 0 bridgehead atoms. The maximum atomic E-state index is 11.6. The molecule has 1 unspecified atom stereocenters. The van der Waals surface area contributed by atoms with Crippen molar-refractivity contribution < 1.29 is 4.79 Å². The molecule has 14 heavy (non-hydrogen) atoms. The summed E-state index contributed by atoms with van der Waals surface area (Å²) in [5.41, 5.74) is 0.231. The van der Waals surface area contributed by atoms with Gasteiger partial charge in [-0.15, -0.1) is 0 Å². The molecule has 2 heteroatoms. The summed E-state index contributed by atoms with van der Waals surface area (Å²) in [6.45, 7) is 13.5. The highest BCUT2D eigenvalue weighted by molar-refractivity contribution is 5.78. The van der Waals surface area contributed by atoms with Crippen LogP contribution in [0.5, 0.6) is 0 Å². The van der Waals surface area contributed by atoms with Gasteiger partial charge in [0, 0.05) is 12.5 Å². The molecule has 0 saturated carbocycles. The van der Waals surface area contributed by atoms with Crippen LogP contribution >= 0.6 is 0 Å². The molecule has 0 aliphatic rings. The van der Waals surface area contributed by atoms with Crippen LogP contribution in [0.25, 0.3) is 0 Å². The Morgan fingerprint density at radius 3 is 2.07 bits per heavy atom. The molecule has 1 atom stereocenters. The molecule has 0 aromatic carbocycles. The van der Waals surface area contributed by atoms with E-state index in [-0.39, 0.29) is 17.2 Å². The molecule has 0 saturated heterocycles. The first-order chi connectivity index (χ1) is 6.22. The highest BCUT2D eigenvalue weighted by Gasteiger charge is 2.20. The van der Waals surface area contributed by atoms with Crippen LogP contribution in [0.1, 0.15) is 48.0 Å². The highest BCUT2D eigenvalue weighted by atomic mass is 16.1. The van der Waals surface area contributed by atoms with Gasteiger partial charge in [0.15, 0.2) is 0 Å². The number of hydrogen-bond acceptors (Lipinski definition) is 1. The lowest BCUT2D eigenvalue weighted by atomic mass is 9.85. The van der Waals surface area contributed by atoms with Crippen molar-refractivity contribution in [1.82, 2.24) is 5.32 Å². The van der Waals surface area contributed by atoms with E-state index in [9.17, 15) is 4.79 Å². The summed E-state index contributed by atoms with van der Waals surface area (Å²) in [5.74, 6) is 0.836. The van der Waals surface area contributed by atoms with Crippen LogP contribution in [0.4, 0.5) is 0 Å². The average molecular weight is 199 g/mol. The van der Waals surface area contributed by atoms with Gasteiger partial charge < -0.3 is 5.32 Å². The van der Waals surface area contributed by atoms with Crippen LogP contribution in [0, 0.1) is 17.3 Å². The van der Waals surface area contributed by atoms with Crippen molar-refractivity contribution in [2.45, 2.75) is 48.0 Å². The molecule has 0 radical (unpaired) electrons. The first kappa shape index (κ1) is 13.5. The Kier molecular flexibility index (Phi) is 5.17. The van der Waals surface area contributed by atoms with Crippen LogP contribution in [0.2, 0.25) is 0 Å². The van der Waals surface area contributed by atoms with Crippen LogP contribution in [-0.2, 0) is 4.79 Å². The monoisotopic (exact) mass is 199 g/mol.